The van der Waals surface area contributed by atoms with Gasteiger partial charge in [0, 0.05) is 28.6 Å². The zero-order chi connectivity index (χ0) is 17.1. The number of methoxy groups -OCH3 is 1. The molecule has 124 valence electrons. The number of fused-ring (bicyclic) bond motifs is 1. The molecule has 0 fully saturated rings. The summed E-state index contributed by atoms with van der Waals surface area (Å²) in [4.78, 5) is 5.92. The van der Waals surface area contributed by atoms with Crippen molar-refractivity contribution in [2.75, 3.05) is 7.11 Å². The van der Waals surface area contributed by atoms with Crippen molar-refractivity contribution in [3.63, 3.8) is 0 Å². The van der Waals surface area contributed by atoms with Crippen LogP contribution in [0.2, 0.25) is 0 Å². The molecule has 0 radical (unpaired) electrons. The van der Waals surface area contributed by atoms with Gasteiger partial charge < -0.3 is 9.14 Å². The molecule has 2 aromatic heterocycles. The molecule has 25 heavy (non-hydrogen) atoms. The lowest BCUT2D eigenvalue weighted by Gasteiger charge is -2.04. The van der Waals surface area contributed by atoms with Gasteiger partial charge in [-0.25, -0.2) is 4.98 Å². The molecule has 0 atom stereocenters. The van der Waals surface area contributed by atoms with Crippen molar-refractivity contribution in [2.45, 2.75) is 10.6 Å². The van der Waals surface area contributed by atoms with Crippen molar-refractivity contribution in [2.24, 2.45) is 0 Å². The van der Waals surface area contributed by atoms with Gasteiger partial charge in [0.2, 0.25) is 0 Å². The molecule has 0 bridgehead atoms. The Kier molecular flexibility index (Phi) is 4.44. The van der Waals surface area contributed by atoms with Crippen LogP contribution in [-0.2, 0) is 5.75 Å². The number of imidazole rings is 1. The van der Waals surface area contributed by atoms with Crippen LogP contribution in [0.4, 0.5) is 0 Å². The number of ether oxygens (including phenoxy) is 1. The van der Waals surface area contributed by atoms with Crippen LogP contribution in [0.25, 0.3) is 16.9 Å². The van der Waals surface area contributed by atoms with Gasteiger partial charge in [-0.2, -0.15) is 0 Å². The van der Waals surface area contributed by atoms with E-state index in [-0.39, 0.29) is 0 Å². The number of hydrogen-bond donors (Lipinski definition) is 0. The summed E-state index contributed by atoms with van der Waals surface area (Å²) in [6.07, 6.45) is 4.23. The molecule has 4 rings (SSSR count). The molecular formula is C21H18N2OS. The van der Waals surface area contributed by atoms with E-state index in [2.05, 4.69) is 53.2 Å². The highest BCUT2D eigenvalue weighted by molar-refractivity contribution is 7.98. The normalized spacial score (nSPS) is 10.9. The molecule has 0 aliphatic heterocycles. The summed E-state index contributed by atoms with van der Waals surface area (Å²) in [5.74, 6) is 1.82. The highest BCUT2D eigenvalue weighted by atomic mass is 32.2. The standard InChI is InChI=1S/C21H18N2OS/c1-24-18-9-7-16(8-10-18)15-25-19-11-12-21-22-20(14-23(21)13-19)17-5-3-2-4-6-17/h2-14H,15H2,1H3. The summed E-state index contributed by atoms with van der Waals surface area (Å²) in [5, 5.41) is 0. The smallest absolute Gasteiger partial charge is 0.137 e. The first-order valence-electron chi connectivity index (χ1n) is 8.12. The Balaban J connectivity index is 1.52. The lowest BCUT2D eigenvalue weighted by atomic mass is 10.2. The van der Waals surface area contributed by atoms with Gasteiger partial charge in [-0.15, -0.1) is 11.8 Å². The van der Waals surface area contributed by atoms with Crippen molar-refractivity contribution in [1.29, 1.82) is 0 Å². The van der Waals surface area contributed by atoms with Crippen molar-refractivity contribution in [3.05, 3.63) is 84.7 Å². The Morgan fingerprint density at radius 2 is 1.72 bits per heavy atom. The second kappa shape index (κ2) is 7.03. The quantitative estimate of drug-likeness (QED) is 0.459. The fourth-order valence-corrected chi connectivity index (χ4v) is 3.57. The number of rotatable bonds is 5. The average Bonchev–Trinajstić information content (AvgIpc) is 3.11. The van der Waals surface area contributed by atoms with Crippen molar-refractivity contribution in [1.82, 2.24) is 9.38 Å². The number of hydrogen-bond acceptors (Lipinski definition) is 3. The predicted octanol–water partition coefficient (Wildman–Crippen LogP) is 5.30. The van der Waals surface area contributed by atoms with Crippen LogP contribution < -0.4 is 4.74 Å². The lowest BCUT2D eigenvalue weighted by Crippen LogP contribution is -1.86. The van der Waals surface area contributed by atoms with E-state index in [0.717, 1.165) is 28.4 Å². The zero-order valence-electron chi connectivity index (χ0n) is 13.9. The second-order valence-corrected chi connectivity index (χ2v) is 6.81. The van der Waals surface area contributed by atoms with Crippen molar-refractivity contribution < 1.29 is 4.74 Å². The van der Waals surface area contributed by atoms with Crippen LogP contribution in [0.15, 0.2) is 84.0 Å². The van der Waals surface area contributed by atoms with Crippen LogP contribution in [0, 0.1) is 0 Å². The van der Waals surface area contributed by atoms with Crippen LogP contribution in [-0.4, -0.2) is 16.5 Å². The lowest BCUT2D eigenvalue weighted by molar-refractivity contribution is 0.414. The van der Waals surface area contributed by atoms with E-state index < -0.39 is 0 Å². The molecule has 0 saturated heterocycles. The van der Waals surface area contributed by atoms with E-state index in [1.54, 1.807) is 7.11 Å². The van der Waals surface area contributed by atoms with Gasteiger partial charge >= 0.3 is 0 Å². The first-order valence-corrected chi connectivity index (χ1v) is 9.10. The van der Waals surface area contributed by atoms with E-state index in [1.165, 1.54) is 10.5 Å². The van der Waals surface area contributed by atoms with E-state index in [9.17, 15) is 0 Å². The fourth-order valence-electron chi connectivity index (χ4n) is 2.69. The average molecular weight is 346 g/mol. The number of benzene rings is 2. The number of aromatic nitrogens is 2. The molecule has 4 aromatic rings. The molecule has 4 heteroatoms. The molecule has 0 saturated carbocycles. The summed E-state index contributed by atoms with van der Waals surface area (Å²) < 4.78 is 7.30. The third-order valence-electron chi connectivity index (χ3n) is 4.06. The Morgan fingerprint density at radius 3 is 2.48 bits per heavy atom. The molecule has 2 aromatic carbocycles. The first kappa shape index (κ1) is 15.8. The largest absolute Gasteiger partial charge is 0.497 e. The summed E-state index contributed by atoms with van der Waals surface area (Å²) in [6.45, 7) is 0. The Hall–Kier alpha value is -2.72. The molecule has 2 heterocycles. The maximum atomic E-state index is 5.20. The molecule has 0 N–H and O–H groups in total. The Bertz CT molecular complexity index is 978. The van der Waals surface area contributed by atoms with E-state index >= 15 is 0 Å². The molecule has 0 aliphatic carbocycles. The molecule has 0 spiro atoms. The maximum Gasteiger partial charge on any atom is 0.137 e. The highest BCUT2D eigenvalue weighted by Crippen LogP contribution is 2.26. The minimum absolute atomic E-state index is 0.891. The third-order valence-corrected chi connectivity index (χ3v) is 5.11. The SMILES string of the molecule is COc1ccc(CSc2ccc3nc(-c4ccccc4)cn3c2)cc1. The number of nitrogens with zero attached hydrogens (tertiary/aromatic N) is 2. The van der Waals surface area contributed by atoms with Gasteiger partial charge in [0.1, 0.15) is 11.4 Å². The van der Waals surface area contributed by atoms with Crippen LogP contribution in [0.3, 0.4) is 0 Å². The maximum absolute atomic E-state index is 5.20. The predicted molar refractivity (Wildman–Crippen MR) is 103 cm³/mol. The molecule has 0 amide bonds. The second-order valence-electron chi connectivity index (χ2n) is 5.76. The van der Waals surface area contributed by atoms with Crippen LogP contribution in [0.5, 0.6) is 5.75 Å². The van der Waals surface area contributed by atoms with Crippen LogP contribution in [0.1, 0.15) is 5.56 Å². The van der Waals surface area contributed by atoms with Gasteiger partial charge in [-0.1, -0.05) is 42.5 Å². The number of thioether (sulfide) groups is 1. The summed E-state index contributed by atoms with van der Waals surface area (Å²) in [6, 6.07) is 22.7. The molecule has 0 unspecified atom stereocenters. The highest BCUT2D eigenvalue weighted by Gasteiger charge is 2.05. The summed E-state index contributed by atoms with van der Waals surface area (Å²) >= 11 is 1.82. The Labute approximate surface area is 151 Å². The molecule has 0 aliphatic rings. The van der Waals surface area contributed by atoms with E-state index in [4.69, 9.17) is 9.72 Å². The molecule has 3 nitrogen and oxygen atoms in total. The van der Waals surface area contributed by atoms with Gasteiger partial charge in [0.15, 0.2) is 0 Å². The first-order chi connectivity index (χ1) is 12.3. The van der Waals surface area contributed by atoms with Crippen molar-refractivity contribution >= 4 is 17.4 Å². The zero-order valence-corrected chi connectivity index (χ0v) is 14.7. The van der Waals surface area contributed by atoms with E-state index in [0.29, 0.717) is 0 Å². The van der Waals surface area contributed by atoms with Crippen molar-refractivity contribution in [3.8, 4) is 17.0 Å². The van der Waals surface area contributed by atoms with Crippen LogP contribution >= 0.6 is 11.8 Å². The Morgan fingerprint density at radius 1 is 0.920 bits per heavy atom. The minimum atomic E-state index is 0.891. The van der Waals surface area contributed by atoms with Gasteiger partial charge in [0.05, 0.1) is 12.8 Å². The van der Waals surface area contributed by atoms with Gasteiger partial charge in [-0.05, 0) is 29.8 Å². The fraction of sp³-hybridized carbons (Fsp3) is 0.0952. The monoisotopic (exact) mass is 346 g/mol. The topological polar surface area (TPSA) is 26.5 Å². The molecular weight excluding hydrogens is 328 g/mol. The number of pyridine rings is 1. The summed E-state index contributed by atoms with van der Waals surface area (Å²) in [5.41, 5.74) is 4.38. The third kappa shape index (κ3) is 3.54. The van der Waals surface area contributed by atoms with Gasteiger partial charge in [-0.3, -0.25) is 0 Å². The van der Waals surface area contributed by atoms with Gasteiger partial charge in [0.25, 0.3) is 0 Å². The minimum Gasteiger partial charge on any atom is -0.497 e. The summed E-state index contributed by atoms with van der Waals surface area (Å²) in [7, 11) is 1.69. The van der Waals surface area contributed by atoms with E-state index in [1.807, 2.05) is 42.1 Å².